The van der Waals surface area contributed by atoms with Crippen LogP contribution in [0.2, 0.25) is 0 Å². The van der Waals surface area contributed by atoms with Crippen LogP contribution in [-0.2, 0) is 0 Å². The zero-order valence-corrected chi connectivity index (χ0v) is 12.6. The maximum atomic E-state index is 2.39. The van der Waals surface area contributed by atoms with Gasteiger partial charge in [0.25, 0.3) is 0 Å². The normalized spacial score (nSPS) is 21.6. The van der Waals surface area contributed by atoms with Crippen molar-refractivity contribution in [2.75, 3.05) is 0 Å². The number of fused-ring (bicyclic) bond motifs is 2. The summed E-state index contributed by atoms with van der Waals surface area (Å²) in [7, 11) is 0. The van der Waals surface area contributed by atoms with Gasteiger partial charge in [-0.15, -0.1) is 0 Å². The highest BCUT2D eigenvalue weighted by Gasteiger charge is 2.25. The van der Waals surface area contributed by atoms with E-state index in [9.17, 15) is 0 Å². The molecule has 104 valence electrons. The molecule has 0 amide bonds. The Hall–Kier alpha value is -2.08. The van der Waals surface area contributed by atoms with Crippen LogP contribution in [0.5, 0.6) is 0 Å². The summed E-state index contributed by atoms with van der Waals surface area (Å²) in [5.41, 5.74) is 8.60. The molecule has 0 heteroatoms. The Balaban J connectivity index is 1.64. The van der Waals surface area contributed by atoms with E-state index in [1.807, 2.05) is 0 Å². The second-order valence-corrected chi connectivity index (χ2v) is 6.38. The molecule has 0 nitrogen and oxygen atoms in total. The van der Waals surface area contributed by atoms with Crippen LogP contribution in [0, 0.1) is 13.8 Å². The first kappa shape index (κ1) is 12.6. The van der Waals surface area contributed by atoms with Crippen molar-refractivity contribution in [1.29, 1.82) is 0 Å². The van der Waals surface area contributed by atoms with E-state index in [4.69, 9.17) is 0 Å². The third-order valence-corrected chi connectivity index (χ3v) is 4.91. The highest BCUT2D eigenvalue weighted by atomic mass is 14.3. The van der Waals surface area contributed by atoms with E-state index >= 15 is 0 Å². The van der Waals surface area contributed by atoms with Crippen molar-refractivity contribution >= 4 is 12.2 Å². The van der Waals surface area contributed by atoms with Gasteiger partial charge in [-0.25, -0.2) is 0 Å². The standard InChI is InChI=1S/C21H20/c1-14-6-7-16-8-9-18(21(16)12-14)13-17-10-11-19-15(2)4-3-5-20(17)19/h3-12,17-18H,13H2,1-2H3. The highest BCUT2D eigenvalue weighted by Crippen LogP contribution is 2.42. The quantitative estimate of drug-likeness (QED) is 0.666. The van der Waals surface area contributed by atoms with Gasteiger partial charge in [0.1, 0.15) is 0 Å². The SMILES string of the molecule is Cc1ccc2c(c1)C(CC1C=Cc3c(C)cccc31)C=C2. The molecule has 0 spiro atoms. The van der Waals surface area contributed by atoms with E-state index < -0.39 is 0 Å². The molecule has 0 N–H and O–H groups in total. The van der Waals surface area contributed by atoms with Crippen molar-refractivity contribution in [3.8, 4) is 0 Å². The molecule has 2 aromatic carbocycles. The van der Waals surface area contributed by atoms with E-state index in [1.165, 1.54) is 39.8 Å². The lowest BCUT2D eigenvalue weighted by atomic mass is 9.86. The Morgan fingerprint density at radius 3 is 2.57 bits per heavy atom. The molecule has 0 bridgehead atoms. The number of aryl methyl sites for hydroxylation is 2. The molecular formula is C21H20. The number of hydrogen-bond donors (Lipinski definition) is 0. The fourth-order valence-corrected chi connectivity index (χ4v) is 3.75. The maximum Gasteiger partial charge on any atom is 0.00361 e. The summed E-state index contributed by atoms with van der Waals surface area (Å²) in [6.07, 6.45) is 10.5. The second kappa shape index (κ2) is 4.73. The van der Waals surface area contributed by atoms with Crippen molar-refractivity contribution < 1.29 is 0 Å². The topological polar surface area (TPSA) is 0 Å². The lowest BCUT2D eigenvalue weighted by Crippen LogP contribution is -2.01. The number of allylic oxidation sites excluding steroid dienone is 2. The molecule has 0 saturated heterocycles. The molecule has 4 rings (SSSR count). The van der Waals surface area contributed by atoms with Crippen molar-refractivity contribution in [2.24, 2.45) is 0 Å². The molecule has 0 radical (unpaired) electrons. The lowest BCUT2D eigenvalue weighted by Gasteiger charge is -2.17. The van der Waals surface area contributed by atoms with E-state index in [0.717, 1.165) is 0 Å². The summed E-state index contributed by atoms with van der Waals surface area (Å²) in [5.74, 6) is 1.11. The third kappa shape index (κ3) is 2.06. The largest absolute Gasteiger partial charge is 0.0763 e. The molecule has 2 aliphatic rings. The van der Waals surface area contributed by atoms with Crippen LogP contribution in [0.1, 0.15) is 51.6 Å². The van der Waals surface area contributed by atoms with Gasteiger partial charge in [0.05, 0.1) is 0 Å². The molecule has 0 heterocycles. The summed E-state index contributed by atoms with van der Waals surface area (Å²) >= 11 is 0. The van der Waals surface area contributed by atoms with Gasteiger partial charge in [-0.3, -0.25) is 0 Å². The summed E-state index contributed by atoms with van der Waals surface area (Å²) in [6.45, 7) is 4.39. The van der Waals surface area contributed by atoms with Gasteiger partial charge in [-0.05, 0) is 48.1 Å². The van der Waals surface area contributed by atoms with Crippen molar-refractivity contribution in [3.63, 3.8) is 0 Å². The van der Waals surface area contributed by atoms with Crippen LogP contribution in [0.3, 0.4) is 0 Å². The third-order valence-electron chi connectivity index (χ3n) is 4.91. The Labute approximate surface area is 126 Å². The minimum Gasteiger partial charge on any atom is -0.0763 e. The molecule has 0 aromatic heterocycles. The number of rotatable bonds is 2. The Kier molecular flexibility index (Phi) is 2.85. The molecule has 0 saturated carbocycles. The van der Waals surface area contributed by atoms with Crippen LogP contribution in [-0.4, -0.2) is 0 Å². The fraction of sp³-hybridized carbons (Fsp3) is 0.238. The van der Waals surface area contributed by atoms with Gasteiger partial charge in [-0.2, -0.15) is 0 Å². The minimum atomic E-state index is 0.556. The summed E-state index contributed by atoms with van der Waals surface area (Å²) in [6, 6.07) is 13.5. The smallest absolute Gasteiger partial charge is 0.00361 e. The van der Waals surface area contributed by atoms with Crippen LogP contribution >= 0.6 is 0 Å². The van der Waals surface area contributed by atoms with Gasteiger partial charge < -0.3 is 0 Å². The van der Waals surface area contributed by atoms with Crippen LogP contribution < -0.4 is 0 Å². The molecule has 21 heavy (non-hydrogen) atoms. The zero-order chi connectivity index (χ0) is 14.4. The number of benzene rings is 2. The highest BCUT2D eigenvalue weighted by molar-refractivity contribution is 5.67. The van der Waals surface area contributed by atoms with Crippen LogP contribution in [0.4, 0.5) is 0 Å². The van der Waals surface area contributed by atoms with Gasteiger partial charge >= 0.3 is 0 Å². The molecule has 2 unspecified atom stereocenters. The Morgan fingerprint density at radius 1 is 0.857 bits per heavy atom. The van der Waals surface area contributed by atoms with Crippen LogP contribution in [0.25, 0.3) is 12.2 Å². The minimum absolute atomic E-state index is 0.556. The van der Waals surface area contributed by atoms with Gasteiger partial charge in [0, 0.05) is 11.8 Å². The van der Waals surface area contributed by atoms with Gasteiger partial charge in [0.15, 0.2) is 0 Å². The van der Waals surface area contributed by atoms with E-state index in [0.29, 0.717) is 11.8 Å². The van der Waals surface area contributed by atoms with E-state index in [1.54, 1.807) is 0 Å². The molecule has 0 aliphatic heterocycles. The average Bonchev–Trinajstić information content (AvgIpc) is 3.06. The summed E-state index contributed by atoms with van der Waals surface area (Å²) < 4.78 is 0. The predicted molar refractivity (Wildman–Crippen MR) is 90.5 cm³/mol. The van der Waals surface area contributed by atoms with E-state index in [-0.39, 0.29) is 0 Å². The fourth-order valence-electron chi connectivity index (χ4n) is 3.75. The first-order chi connectivity index (χ1) is 10.2. The zero-order valence-electron chi connectivity index (χ0n) is 12.6. The molecular weight excluding hydrogens is 252 g/mol. The van der Waals surface area contributed by atoms with E-state index in [2.05, 4.69) is 74.5 Å². The maximum absolute atomic E-state index is 2.39. The molecule has 0 fully saturated rings. The molecule has 2 aromatic rings. The number of hydrogen-bond acceptors (Lipinski definition) is 0. The second-order valence-electron chi connectivity index (χ2n) is 6.38. The van der Waals surface area contributed by atoms with Crippen molar-refractivity contribution in [1.82, 2.24) is 0 Å². The molecule has 2 aliphatic carbocycles. The summed E-state index contributed by atoms with van der Waals surface area (Å²) in [5, 5.41) is 0. The monoisotopic (exact) mass is 272 g/mol. The first-order valence-electron chi connectivity index (χ1n) is 7.79. The Bertz CT molecular complexity index is 760. The first-order valence-corrected chi connectivity index (χ1v) is 7.79. The lowest BCUT2D eigenvalue weighted by molar-refractivity contribution is 0.685. The summed E-state index contributed by atoms with van der Waals surface area (Å²) in [4.78, 5) is 0. The Morgan fingerprint density at radius 2 is 1.67 bits per heavy atom. The average molecular weight is 272 g/mol. The van der Waals surface area contributed by atoms with Crippen LogP contribution in [0.15, 0.2) is 48.6 Å². The van der Waals surface area contributed by atoms with Gasteiger partial charge in [0.2, 0.25) is 0 Å². The van der Waals surface area contributed by atoms with Crippen molar-refractivity contribution in [3.05, 3.63) is 81.9 Å². The molecule has 2 atom stereocenters. The van der Waals surface area contributed by atoms with Gasteiger partial charge in [-0.1, -0.05) is 66.3 Å². The van der Waals surface area contributed by atoms with Crippen molar-refractivity contribution in [2.45, 2.75) is 32.1 Å². The predicted octanol–water partition coefficient (Wildman–Crippen LogP) is 5.61.